The summed E-state index contributed by atoms with van der Waals surface area (Å²) in [6, 6.07) is -1.33. The summed E-state index contributed by atoms with van der Waals surface area (Å²) in [6.07, 6.45) is -0.986. The molecule has 0 heterocycles. The van der Waals surface area contributed by atoms with E-state index in [-0.39, 0.29) is 6.54 Å². The fourth-order valence-electron chi connectivity index (χ4n) is 0.902. The summed E-state index contributed by atoms with van der Waals surface area (Å²) in [6.45, 7) is 0.206. The van der Waals surface area contributed by atoms with Crippen LogP contribution in [-0.4, -0.2) is 48.6 Å². The summed E-state index contributed by atoms with van der Waals surface area (Å²) < 4.78 is 7.60. The van der Waals surface area contributed by atoms with Gasteiger partial charge in [0.1, 0.15) is 0 Å². The van der Waals surface area contributed by atoms with E-state index in [0.29, 0.717) is 0 Å². The quantitative estimate of drug-likeness (QED) is 0.485. The Labute approximate surface area is 84.3 Å². The number of primary amides is 1. The third-order valence-corrected chi connectivity index (χ3v) is 1.73. The van der Waals surface area contributed by atoms with Crippen molar-refractivity contribution >= 4 is 11.9 Å². The van der Waals surface area contributed by atoms with Gasteiger partial charge < -0.3 is 21.5 Å². The van der Waals surface area contributed by atoms with E-state index >= 15 is 0 Å². The zero-order valence-electron chi connectivity index (χ0n) is 9.30. The molecule has 2 unspecified atom stereocenters. The lowest BCUT2D eigenvalue weighted by atomic mass is 9.96. The maximum atomic E-state index is 10.8. The smallest absolute Gasteiger partial charge is 0.308 e. The topological polar surface area (TPSA) is 110 Å². The average Bonchev–Trinajstić information content (AvgIpc) is 2.01. The van der Waals surface area contributed by atoms with Gasteiger partial charge in [0.05, 0.1) is 12.0 Å². The number of carbonyl (C=O) groups excluding carboxylic acids is 1. The molecule has 0 aliphatic carbocycles. The zero-order chi connectivity index (χ0) is 12.2. The fourth-order valence-corrected chi connectivity index (χ4v) is 0.902. The lowest BCUT2D eigenvalue weighted by Gasteiger charge is -2.19. The van der Waals surface area contributed by atoms with Crippen molar-refractivity contribution in [2.45, 2.75) is 12.4 Å². The van der Waals surface area contributed by atoms with Crippen LogP contribution in [0, 0.1) is 5.92 Å². The van der Waals surface area contributed by atoms with Crippen LogP contribution in [0.1, 0.15) is 7.77 Å². The molecule has 14 heavy (non-hydrogen) atoms. The molecule has 0 saturated carbocycles. The lowest BCUT2D eigenvalue weighted by Crippen LogP contribution is -2.46. The molecular weight excluding hydrogens is 186 g/mol. The van der Waals surface area contributed by atoms with Crippen molar-refractivity contribution in [3.63, 3.8) is 0 Å². The first-order valence-electron chi connectivity index (χ1n) is 4.69. The molecule has 5 N–H and O–H groups in total. The first-order chi connectivity index (χ1) is 6.77. The Balaban J connectivity index is 4.66. The number of aliphatic carboxylic acids is 1. The van der Waals surface area contributed by atoms with Gasteiger partial charge in [-0.2, -0.15) is 0 Å². The van der Waals surface area contributed by atoms with Gasteiger partial charge in [0.25, 0.3) is 0 Å². The summed E-state index contributed by atoms with van der Waals surface area (Å²) in [5, 5.41) is 8.85. The monoisotopic (exact) mass is 204 g/mol. The van der Waals surface area contributed by atoms with E-state index in [1.165, 1.54) is 0 Å². The summed E-state index contributed by atoms with van der Waals surface area (Å²) in [5.41, 5.74) is 10.3. The second kappa shape index (κ2) is 5.56. The summed E-state index contributed by atoms with van der Waals surface area (Å²) >= 11 is 0. The maximum absolute atomic E-state index is 10.8. The Morgan fingerprint density at radius 3 is 2.36 bits per heavy atom. The molecule has 0 radical (unpaired) electrons. The number of rotatable bonds is 6. The van der Waals surface area contributed by atoms with Gasteiger partial charge in [-0.05, 0) is 27.0 Å². The SMILES string of the molecule is [2H]C(CN(C)C)C(C(=O)O)[C@H](N)C(N)=O. The van der Waals surface area contributed by atoms with Gasteiger partial charge in [-0.25, -0.2) is 0 Å². The number of hydrogen-bond acceptors (Lipinski definition) is 4. The number of nitrogens with zero attached hydrogens (tertiary/aromatic N) is 1. The van der Waals surface area contributed by atoms with Crippen molar-refractivity contribution in [2.24, 2.45) is 17.4 Å². The van der Waals surface area contributed by atoms with E-state index in [2.05, 4.69) is 0 Å². The largest absolute Gasteiger partial charge is 0.481 e. The number of amides is 1. The van der Waals surface area contributed by atoms with E-state index in [9.17, 15) is 9.59 Å². The van der Waals surface area contributed by atoms with E-state index in [1.54, 1.807) is 19.0 Å². The van der Waals surface area contributed by atoms with Crippen LogP contribution in [0.4, 0.5) is 0 Å². The Hall–Kier alpha value is -1.14. The molecule has 0 aliphatic heterocycles. The number of carbonyl (C=O) groups is 2. The van der Waals surface area contributed by atoms with Crippen LogP contribution in [0.2, 0.25) is 0 Å². The van der Waals surface area contributed by atoms with E-state index in [1.807, 2.05) is 0 Å². The molecule has 3 atom stereocenters. The number of carboxylic acids is 1. The molecule has 0 aliphatic rings. The number of carboxylic acid groups (broad SMARTS) is 1. The highest BCUT2D eigenvalue weighted by Crippen LogP contribution is 2.08. The van der Waals surface area contributed by atoms with E-state index in [0.717, 1.165) is 0 Å². The molecule has 6 heteroatoms. The van der Waals surface area contributed by atoms with Crippen molar-refractivity contribution in [3.8, 4) is 0 Å². The Morgan fingerprint density at radius 2 is 2.07 bits per heavy atom. The predicted molar refractivity (Wildman–Crippen MR) is 51.5 cm³/mol. The normalized spacial score (nSPS) is 18.4. The highest BCUT2D eigenvalue weighted by molar-refractivity contribution is 5.86. The van der Waals surface area contributed by atoms with Gasteiger partial charge in [0.2, 0.25) is 5.91 Å². The highest BCUT2D eigenvalue weighted by atomic mass is 16.4. The Bertz CT molecular complexity index is 247. The molecule has 0 aromatic heterocycles. The third kappa shape index (κ3) is 4.20. The van der Waals surface area contributed by atoms with Crippen LogP contribution in [0.25, 0.3) is 0 Å². The standard InChI is InChI=1S/C8H17N3O3/c1-11(2)4-3-5(8(13)14)6(9)7(10)12/h5-6H,3-4,9H2,1-2H3,(H2,10,12)(H,13,14)/t5?,6-/m0/s1/i3D/t3?,5?,6-. The van der Waals surface area contributed by atoms with Crippen molar-refractivity contribution in [2.75, 3.05) is 20.6 Å². The van der Waals surface area contributed by atoms with Crippen LogP contribution in [0.5, 0.6) is 0 Å². The van der Waals surface area contributed by atoms with E-state index in [4.69, 9.17) is 17.9 Å². The lowest BCUT2D eigenvalue weighted by molar-refractivity contribution is -0.144. The minimum atomic E-state index is -1.33. The minimum absolute atomic E-state index is 0.206. The molecule has 0 rings (SSSR count). The van der Waals surface area contributed by atoms with Gasteiger partial charge in [0.15, 0.2) is 0 Å². The molecule has 0 aromatic rings. The second-order valence-electron chi connectivity index (χ2n) is 3.29. The Kier molecular flexibility index (Phi) is 4.34. The van der Waals surface area contributed by atoms with E-state index < -0.39 is 30.2 Å². The van der Waals surface area contributed by atoms with Gasteiger partial charge >= 0.3 is 5.97 Å². The molecular formula is C8H17N3O3. The van der Waals surface area contributed by atoms with Crippen molar-refractivity contribution in [1.29, 1.82) is 0 Å². The van der Waals surface area contributed by atoms with Gasteiger partial charge in [-0.1, -0.05) is 0 Å². The van der Waals surface area contributed by atoms with Crippen molar-refractivity contribution < 1.29 is 16.1 Å². The summed E-state index contributed by atoms with van der Waals surface area (Å²) in [5.74, 6) is -3.45. The van der Waals surface area contributed by atoms with Crippen LogP contribution in [0.15, 0.2) is 0 Å². The zero-order valence-corrected chi connectivity index (χ0v) is 8.30. The predicted octanol–water partition coefficient (Wildman–Crippen LogP) is -1.55. The fraction of sp³-hybridized carbons (Fsp3) is 0.750. The van der Waals surface area contributed by atoms with Crippen molar-refractivity contribution in [1.82, 2.24) is 4.90 Å². The molecule has 0 bridgehead atoms. The average molecular weight is 204 g/mol. The molecule has 6 nitrogen and oxygen atoms in total. The first-order valence-corrected chi connectivity index (χ1v) is 4.12. The minimum Gasteiger partial charge on any atom is -0.481 e. The summed E-state index contributed by atoms with van der Waals surface area (Å²) in [7, 11) is 3.41. The first kappa shape index (κ1) is 10.9. The van der Waals surface area contributed by atoms with Gasteiger partial charge in [-0.15, -0.1) is 0 Å². The highest BCUT2D eigenvalue weighted by Gasteiger charge is 2.28. The molecule has 0 aromatic carbocycles. The van der Waals surface area contributed by atoms with Crippen molar-refractivity contribution in [3.05, 3.63) is 0 Å². The van der Waals surface area contributed by atoms with Crippen LogP contribution >= 0.6 is 0 Å². The second-order valence-corrected chi connectivity index (χ2v) is 3.29. The van der Waals surface area contributed by atoms with Gasteiger partial charge in [0, 0.05) is 1.37 Å². The Morgan fingerprint density at radius 1 is 1.57 bits per heavy atom. The van der Waals surface area contributed by atoms with Gasteiger partial charge in [-0.3, -0.25) is 9.59 Å². The van der Waals surface area contributed by atoms with Crippen LogP contribution in [-0.2, 0) is 9.59 Å². The number of hydrogen-bond donors (Lipinski definition) is 3. The molecule has 0 spiro atoms. The molecule has 1 amide bonds. The van der Waals surface area contributed by atoms with Crippen LogP contribution < -0.4 is 11.5 Å². The summed E-state index contributed by atoms with van der Waals surface area (Å²) in [4.78, 5) is 23.3. The third-order valence-electron chi connectivity index (χ3n) is 1.73. The molecule has 0 fully saturated rings. The molecule has 0 saturated heterocycles. The number of nitrogens with two attached hydrogens (primary N) is 2. The maximum Gasteiger partial charge on any atom is 0.308 e. The molecule has 82 valence electrons. The van der Waals surface area contributed by atoms with Crippen LogP contribution in [0.3, 0.4) is 0 Å².